The van der Waals surface area contributed by atoms with Gasteiger partial charge in [-0.1, -0.05) is 0 Å². The maximum Gasteiger partial charge on any atom is 0.412 e. The molecule has 0 unspecified atom stereocenters. The number of nitrogens with zero attached hydrogens (tertiary/aromatic N) is 1. The van der Waals surface area contributed by atoms with Gasteiger partial charge in [0.1, 0.15) is 5.60 Å². The molecule has 0 aliphatic carbocycles. The Hall–Kier alpha value is -2.34. The average Bonchev–Trinajstić information content (AvgIpc) is 3.03. The number of nitrogens with one attached hydrogen (secondary N) is 1. The van der Waals surface area contributed by atoms with Crippen molar-refractivity contribution in [2.45, 2.75) is 45.8 Å². The van der Waals surface area contributed by atoms with E-state index in [2.05, 4.69) is 23.7 Å². The van der Waals surface area contributed by atoms with E-state index in [0.717, 1.165) is 13.0 Å². The molecule has 0 fully saturated rings. The number of carbonyl (C=O) groups excluding carboxylic acids is 2. The highest BCUT2D eigenvalue weighted by molar-refractivity contribution is 7.10. The third-order valence-electron chi connectivity index (χ3n) is 4.32. The standard InChI is InChI=1S/C20H24N2O3S/c1-13-16-10-12-26-17(16)9-11-22(13)18(23)14-5-7-15(8-6-14)21-19(24)25-20(2,3)4/h5-8,10,12-13H,9,11H2,1-4H3,(H,21,24)/t13-/m0/s1. The van der Waals surface area contributed by atoms with Crippen molar-refractivity contribution in [1.29, 1.82) is 0 Å². The van der Waals surface area contributed by atoms with Crippen LogP contribution < -0.4 is 5.32 Å². The molecule has 1 aliphatic heterocycles. The Balaban J connectivity index is 1.67. The quantitative estimate of drug-likeness (QED) is 0.819. The maximum absolute atomic E-state index is 12.9. The number of anilines is 1. The molecular formula is C20H24N2O3S. The molecule has 1 aromatic carbocycles. The Kier molecular flexibility index (Phi) is 5.05. The SMILES string of the molecule is C[C@H]1c2ccsc2CCN1C(=O)c1ccc(NC(=O)OC(C)(C)C)cc1. The minimum absolute atomic E-state index is 0.0122. The predicted molar refractivity (Wildman–Crippen MR) is 104 cm³/mol. The summed E-state index contributed by atoms with van der Waals surface area (Å²) in [7, 11) is 0. The molecule has 0 bridgehead atoms. The van der Waals surface area contributed by atoms with Crippen LogP contribution in [0, 0.1) is 0 Å². The molecule has 1 atom stereocenters. The topological polar surface area (TPSA) is 58.6 Å². The summed E-state index contributed by atoms with van der Waals surface area (Å²) >= 11 is 1.76. The van der Waals surface area contributed by atoms with E-state index in [1.165, 1.54) is 10.4 Å². The zero-order valence-electron chi connectivity index (χ0n) is 15.5. The lowest BCUT2D eigenvalue weighted by Crippen LogP contribution is -2.38. The smallest absolute Gasteiger partial charge is 0.412 e. The fourth-order valence-corrected chi connectivity index (χ4v) is 4.03. The van der Waals surface area contributed by atoms with Gasteiger partial charge in [-0.2, -0.15) is 0 Å². The van der Waals surface area contributed by atoms with Gasteiger partial charge in [-0.05, 0) is 75.4 Å². The largest absolute Gasteiger partial charge is 0.444 e. The Morgan fingerprint density at radius 1 is 1.19 bits per heavy atom. The van der Waals surface area contributed by atoms with Gasteiger partial charge in [0.05, 0.1) is 6.04 Å². The number of hydrogen-bond donors (Lipinski definition) is 1. The number of benzene rings is 1. The Morgan fingerprint density at radius 3 is 2.54 bits per heavy atom. The van der Waals surface area contributed by atoms with Crippen LogP contribution in [-0.4, -0.2) is 29.0 Å². The van der Waals surface area contributed by atoms with E-state index in [0.29, 0.717) is 11.3 Å². The Bertz CT molecular complexity index is 805. The molecule has 0 saturated carbocycles. The fraction of sp³-hybridized carbons (Fsp3) is 0.400. The second kappa shape index (κ2) is 7.11. The summed E-state index contributed by atoms with van der Waals surface area (Å²) in [6.07, 6.45) is 0.396. The van der Waals surface area contributed by atoms with Gasteiger partial charge in [-0.15, -0.1) is 11.3 Å². The molecule has 2 heterocycles. The van der Waals surface area contributed by atoms with Gasteiger partial charge < -0.3 is 9.64 Å². The maximum atomic E-state index is 12.9. The van der Waals surface area contributed by atoms with Crippen LogP contribution in [0.5, 0.6) is 0 Å². The van der Waals surface area contributed by atoms with Crippen molar-refractivity contribution in [1.82, 2.24) is 4.90 Å². The lowest BCUT2D eigenvalue weighted by Gasteiger charge is -2.33. The summed E-state index contributed by atoms with van der Waals surface area (Å²) in [6, 6.07) is 9.12. The lowest BCUT2D eigenvalue weighted by atomic mass is 10.0. The number of ether oxygens (including phenoxy) is 1. The number of fused-ring (bicyclic) bond motifs is 1. The van der Waals surface area contributed by atoms with Crippen molar-refractivity contribution < 1.29 is 14.3 Å². The molecule has 0 radical (unpaired) electrons. The van der Waals surface area contributed by atoms with Crippen LogP contribution in [0.3, 0.4) is 0 Å². The molecule has 2 aromatic rings. The van der Waals surface area contributed by atoms with Crippen molar-refractivity contribution in [3.63, 3.8) is 0 Å². The molecule has 6 heteroatoms. The summed E-state index contributed by atoms with van der Waals surface area (Å²) in [6.45, 7) is 8.24. The van der Waals surface area contributed by atoms with Gasteiger partial charge in [-0.3, -0.25) is 10.1 Å². The zero-order valence-corrected chi connectivity index (χ0v) is 16.4. The first kappa shape index (κ1) is 18.5. The number of rotatable bonds is 2. The van der Waals surface area contributed by atoms with Gasteiger partial charge in [0.15, 0.2) is 0 Å². The average molecular weight is 372 g/mol. The first-order valence-corrected chi connectivity index (χ1v) is 9.60. The fourth-order valence-electron chi connectivity index (χ4n) is 3.07. The highest BCUT2D eigenvalue weighted by Gasteiger charge is 2.28. The van der Waals surface area contributed by atoms with E-state index in [-0.39, 0.29) is 11.9 Å². The number of hydrogen-bond acceptors (Lipinski definition) is 4. The van der Waals surface area contributed by atoms with Crippen molar-refractivity contribution in [3.05, 3.63) is 51.7 Å². The molecule has 3 rings (SSSR count). The molecule has 1 aromatic heterocycles. The third kappa shape index (κ3) is 4.07. The van der Waals surface area contributed by atoms with Crippen molar-refractivity contribution in [2.75, 3.05) is 11.9 Å². The van der Waals surface area contributed by atoms with Crippen LogP contribution in [-0.2, 0) is 11.2 Å². The first-order valence-electron chi connectivity index (χ1n) is 8.72. The number of amides is 2. The van der Waals surface area contributed by atoms with Crippen LogP contribution in [0.1, 0.15) is 54.5 Å². The summed E-state index contributed by atoms with van der Waals surface area (Å²) < 4.78 is 5.23. The van der Waals surface area contributed by atoms with E-state index in [9.17, 15) is 9.59 Å². The van der Waals surface area contributed by atoms with E-state index in [1.54, 1.807) is 35.6 Å². The van der Waals surface area contributed by atoms with Crippen molar-refractivity contribution in [2.24, 2.45) is 0 Å². The van der Waals surface area contributed by atoms with Crippen molar-refractivity contribution in [3.8, 4) is 0 Å². The van der Waals surface area contributed by atoms with Gasteiger partial charge in [0.25, 0.3) is 5.91 Å². The summed E-state index contributed by atoms with van der Waals surface area (Å²) in [4.78, 5) is 28.0. The second-order valence-electron chi connectivity index (χ2n) is 7.43. The number of carbonyl (C=O) groups is 2. The van der Waals surface area contributed by atoms with Gasteiger partial charge >= 0.3 is 6.09 Å². The van der Waals surface area contributed by atoms with Crippen LogP contribution in [0.25, 0.3) is 0 Å². The normalized spacial score (nSPS) is 16.8. The van der Waals surface area contributed by atoms with E-state index < -0.39 is 11.7 Å². The molecule has 0 spiro atoms. The molecule has 2 amide bonds. The van der Waals surface area contributed by atoms with Crippen LogP contribution in [0.15, 0.2) is 35.7 Å². The van der Waals surface area contributed by atoms with Gasteiger partial charge in [0.2, 0.25) is 0 Å². The first-order chi connectivity index (χ1) is 12.2. The van der Waals surface area contributed by atoms with Crippen LogP contribution in [0.2, 0.25) is 0 Å². The predicted octanol–water partition coefficient (Wildman–Crippen LogP) is 4.85. The number of thiophene rings is 1. The Morgan fingerprint density at radius 2 is 1.88 bits per heavy atom. The van der Waals surface area contributed by atoms with Crippen molar-refractivity contribution >= 4 is 29.0 Å². The van der Waals surface area contributed by atoms with E-state index >= 15 is 0 Å². The van der Waals surface area contributed by atoms with E-state index in [4.69, 9.17) is 4.74 Å². The van der Waals surface area contributed by atoms with Crippen LogP contribution >= 0.6 is 11.3 Å². The summed E-state index contributed by atoms with van der Waals surface area (Å²) in [5, 5.41) is 4.77. The van der Waals surface area contributed by atoms with E-state index in [1.807, 2.05) is 25.7 Å². The summed E-state index contributed by atoms with van der Waals surface area (Å²) in [5.74, 6) is 0.0122. The lowest BCUT2D eigenvalue weighted by molar-refractivity contribution is 0.0634. The highest BCUT2D eigenvalue weighted by Crippen LogP contribution is 2.33. The Labute approximate surface area is 158 Å². The monoisotopic (exact) mass is 372 g/mol. The molecule has 5 nitrogen and oxygen atoms in total. The minimum atomic E-state index is -0.551. The molecule has 1 aliphatic rings. The van der Waals surface area contributed by atoms with Gasteiger partial charge in [-0.25, -0.2) is 4.79 Å². The second-order valence-corrected chi connectivity index (χ2v) is 8.43. The summed E-state index contributed by atoms with van der Waals surface area (Å²) in [5.41, 5.74) is 1.91. The molecule has 1 N–H and O–H groups in total. The third-order valence-corrected chi connectivity index (χ3v) is 5.31. The molecular weight excluding hydrogens is 348 g/mol. The van der Waals surface area contributed by atoms with Crippen LogP contribution in [0.4, 0.5) is 10.5 Å². The molecule has 0 saturated heterocycles. The molecule has 26 heavy (non-hydrogen) atoms. The zero-order chi connectivity index (χ0) is 18.9. The molecule has 138 valence electrons. The van der Waals surface area contributed by atoms with Gasteiger partial charge in [0, 0.05) is 22.7 Å². The minimum Gasteiger partial charge on any atom is -0.444 e. The highest BCUT2D eigenvalue weighted by atomic mass is 32.1.